The molecule has 0 N–H and O–H groups in total. The van der Waals surface area contributed by atoms with Crippen molar-refractivity contribution in [3.05, 3.63) is 77.8 Å². The molecule has 1 aliphatic carbocycles. The third-order valence-corrected chi connectivity index (χ3v) is 7.18. The van der Waals surface area contributed by atoms with Crippen LogP contribution in [0.15, 0.2) is 62.4 Å². The molecule has 166 valence electrons. The quantitative estimate of drug-likeness (QED) is 0.200. The van der Waals surface area contributed by atoms with Crippen molar-refractivity contribution >= 4 is 50.3 Å². The van der Waals surface area contributed by atoms with E-state index in [1.54, 1.807) is 17.4 Å². The molecular formula is C23H22BrClN4O2S. The molecule has 1 aromatic heterocycles. The van der Waals surface area contributed by atoms with Crippen molar-refractivity contribution in [1.82, 2.24) is 4.68 Å². The Bertz CT molecular complexity index is 1230. The average Bonchev–Trinajstić information content (AvgIpc) is 3.17. The predicted octanol–water partition coefficient (Wildman–Crippen LogP) is 7.05. The summed E-state index contributed by atoms with van der Waals surface area (Å²) in [6, 6.07) is 13.1. The van der Waals surface area contributed by atoms with Crippen molar-refractivity contribution in [2.75, 3.05) is 0 Å². The van der Waals surface area contributed by atoms with Gasteiger partial charge in [0.1, 0.15) is 5.02 Å². The lowest BCUT2D eigenvalue weighted by Gasteiger charge is -2.17. The van der Waals surface area contributed by atoms with Gasteiger partial charge in [0, 0.05) is 27.0 Å². The van der Waals surface area contributed by atoms with Crippen molar-refractivity contribution in [2.45, 2.75) is 45.1 Å². The molecule has 9 heteroatoms. The number of nitro benzene ring substituents is 1. The molecule has 3 aromatic rings. The van der Waals surface area contributed by atoms with E-state index in [0.29, 0.717) is 17.3 Å². The van der Waals surface area contributed by atoms with E-state index in [9.17, 15) is 10.1 Å². The highest BCUT2D eigenvalue weighted by molar-refractivity contribution is 9.10. The summed E-state index contributed by atoms with van der Waals surface area (Å²) >= 11 is 11.0. The van der Waals surface area contributed by atoms with Gasteiger partial charge in [-0.2, -0.15) is 5.10 Å². The Morgan fingerprint density at radius 2 is 1.91 bits per heavy atom. The lowest BCUT2D eigenvalue weighted by Crippen LogP contribution is -2.19. The second-order valence-corrected chi connectivity index (χ2v) is 9.91. The molecule has 0 unspecified atom stereocenters. The number of benzene rings is 2. The first-order valence-electron chi connectivity index (χ1n) is 10.4. The van der Waals surface area contributed by atoms with E-state index in [0.717, 1.165) is 33.4 Å². The van der Waals surface area contributed by atoms with E-state index < -0.39 is 4.92 Å². The van der Waals surface area contributed by atoms with Gasteiger partial charge < -0.3 is 0 Å². The van der Waals surface area contributed by atoms with Crippen LogP contribution in [-0.4, -0.2) is 21.4 Å². The van der Waals surface area contributed by atoms with E-state index in [1.165, 1.54) is 31.4 Å². The molecule has 2 aromatic carbocycles. The molecule has 6 nitrogen and oxygen atoms in total. The predicted molar refractivity (Wildman–Crippen MR) is 134 cm³/mol. The molecule has 0 saturated heterocycles. The lowest BCUT2D eigenvalue weighted by molar-refractivity contribution is -0.384. The van der Waals surface area contributed by atoms with Gasteiger partial charge in [0.15, 0.2) is 0 Å². The topological polar surface area (TPSA) is 72.8 Å². The summed E-state index contributed by atoms with van der Waals surface area (Å²) in [5.41, 5.74) is 3.11. The molecule has 1 saturated carbocycles. The molecule has 0 bridgehead atoms. The van der Waals surface area contributed by atoms with E-state index >= 15 is 0 Å². The number of thiazole rings is 1. The first-order chi connectivity index (χ1) is 15.4. The second kappa shape index (κ2) is 10.1. The van der Waals surface area contributed by atoms with E-state index in [1.807, 2.05) is 35.9 Å². The Kier molecular flexibility index (Phi) is 7.23. The smallest absolute Gasteiger partial charge is 0.258 e. The maximum absolute atomic E-state index is 11.3. The van der Waals surface area contributed by atoms with Crippen LogP contribution in [0.2, 0.25) is 5.02 Å². The number of halogens is 2. The largest absolute Gasteiger partial charge is 0.288 e. The van der Waals surface area contributed by atoms with Crippen molar-refractivity contribution in [2.24, 2.45) is 10.1 Å². The summed E-state index contributed by atoms with van der Waals surface area (Å²) in [5.74, 6) is 0. The van der Waals surface area contributed by atoms with Crippen LogP contribution in [0.1, 0.15) is 44.6 Å². The molecule has 0 spiro atoms. The highest BCUT2D eigenvalue weighted by atomic mass is 79.9. The third kappa shape index (κ3) is 5.19. The Balaban J connectivity index is 1.82. The first kappa shape index (κ1) is 22.9. The number of rotatable bonds is 5. The monoisotopic (exact) mass is 532 g/mol. The van der Waals surface area contributed by atoms with Crippen molar-refractivity contribution in [3.63, 3.8) is 0 Å². The fraction of sp³-hybridized carbons (Fsp3) is 0.304. The Morgan fingerprint density at radius 1 is 1.19 bits per heavy atom. The second-order valence-electron chi connectivity index (χ2n) is 7.75. The molecule has 0 amide bonds. The highest BCUT2D eigenvalue weighted by Crippen LogP contribution is 2.27. The van der Waals surface area contributed by atoms with Crippen LogP contribution in [0.25, 0.3) is 11.3 Å². The van der Waals surface area contributed by atoms with E-state index in [2.05, 4.69) is 21.3 Å². The lowest BCUT2D eigenvalue weighted by atomic mass is 9.96. The fourth-order valence-electron chi connectivity index (χ4n) is 3.76. The summed E-state index contributed by atoms with van der Waals surface area (Å²) in [6.45, 7) is 1.84. The van der Waals surface area contributed by atoms with Crippen molar-refractivity contribution in [3.8, 4) is 11.3 Å². The molecule has 0 radical (unpaired) electrons. The minimum atomic E-state index is -0.478. The zero-order valence-corrected chi connectivity index (χ0v) is 20.7. The molecule has 0 atom stereocenters. The zero-order chi connectivity index (χ0) is 22.7. The van der Waals surface area contributed by atoms with E-state index in [-0.39, 0.29) is 10.7 Å². The fourth-order valence-corrected chi connectivity index (χ4v) is 5.11. The summed E-state index contributed by atoms with van der Waals surface area (Å²) in [7, 11) is 0. The molecule has 32 heavy (non-hydrogen) atoms. The summed E-state index contributed by atoms with van der Waals surface area (Å²) in [4.78, 5) is 16.7. The maximum Gasteiger partial charge on any atom is 0.288 e. The van der Waals surface area contributed by atoms with Crippen LogP contribution >= 0.6 is 38.9 Å². The van der Waals surface area contributed by atoms with Gasteiger partial charge in [-0.1, -0.05) is 65.0 Å². The third-order valence-electron chi connectivity index (χ3n) is 5.50. The molecule has 1 heterocycles. The minimum absolute atomic E-state index is 0.110. The Morgan fingerprint density at radius 3 is 2.59 bits per heavy atom. The Hall–Kier alpha value is -2.29. The van der Waals surface area contributed by atoms with Gasteiger partial charge >= 0.3 is 0 Å². The summed E-state index contributed by atoms with van der Waals surface area (Å²) in [5, 5.41) is 18.3. The van der Waals surface area contributed by atoms with Gasteiger partial charge in [0.2, 0.25) is 4.80 Å². The summed E-state index contributed by atoms with van der Waals surface area (Å²) in [6.07, 6.45) is 5.87. The van der Waals surface area contributed by atoms with Crippen LogP contribution in [-0.2, 0) is 0 Å². The first-order valence-corrected chi connectivity index (χ1v) is 12.5. The summed E-state index contributed by atoms with van der Waals surface area (Å²) < 4.78 is 2.86. The zero-order valence-electron chi connectivity index (χ0n) is 17.5. The Labute approximate surface area is 203 Å². The van der Waals surface area contributed by atoms with Crippen molar-refractivity contribution < 1.29 is 4.92 Å². The van der Waals surface area contributed by atoms with Gasteiger partial charge in [-0.3, -0.25) is 15.1 Å². The normalized spacial score (nSPS) is 15.8. The van der Waals surface area contributed by atoms with Crippen LogP contribution in [0.4, 0.5) is 5.69 Å². The van der Waals surface area contributed by atoms with Crippen LogP contribution in [0, 0.1) is 10.1 Å². The SMILES string of the molecule is CC(=Nn1c(-c2ccc(Br)cc2)csc1=NC1CCCCC1)c1ccc(Cl)c([N+](=O)[O-])c1. The highest BCUT2D eigenvalue weighted by Gasteiger charge is 2.16. The number of nitrogens with zero attached hydrogens (tertiary/aromatic N) is 4. The number of hydrogen-bond acceptors (Lipinski definition) is 5. The molecular weight excluding hydrogens is 512 g/mol. The van der Waals surface area contributed by atoms with E-state index in [4.69, 9.17) is 21.7 Å². The van der Waals surface area contributed by atoms with Crippen LogP contribution in [0.5, 0.6) is 0 Å². The van der Waals surface area contributed by atoms with Gasteiger partial charge in [-0.25, -0.2) is 4.68 Å². The number of hydrogen-bond donors (Lipinski definition) is 0. The maximum atomic E-state index is 11.3. The molecule has 0 aliphatic heterocycles. The number of aromatic nitrogens is 1. The van der Waals surface area contributed by atoms with Gasteiger partial charge in [0.25, 0.3) is 5.69 Å². The number of nitro groups is 1. The van der Waals surface area contributed by atoms with Gasteiger partial charge in [-0.15, -0.1) is 11.3 Å². The van der Waals surface area contributed by atoms with Crippen LogP contribution in [0.3, 0.4) is 0 Å². The van der Waals surface area contributed by atoms with Gasteiger partial charge in [-0.05, 0) is 38.0 Å². The average molecular weight is 534 g/mol. The van der Waals surface area contributed by atoms with Crippen LogP contribution < -0.4 is 4.80 Å². The van der Waals surface area contributed by atoms with Crippen molar-refractivity contribution in [1.29, 1.82) is 0 Å². The van der Waals surface area contributed by atoms with Gasteiger partial charge in [0.05, 0.1) is 22.4 Å². The standard InChI is InChI=1S/C23H22BrClN4O2S/c1-15(17-9-12-20(25)21(13-17)29(30)31)27-28-22(16-7-10-18(24)11-8-16)14-32-23(28)26-19-5-3-2-4-6-19/h7-14,19H,2-6H2,1H3. The molecule has 1 fully saturated rings. The minimum Gasteiger partial charge on any atom is -0.258 e. The molecule has 4 rings (SSSR count). The molecule has 1 aliphatic rings.